The summed E-state index contributed by atoms with van der Waals surface area (Å²) in [6.45, 7) is 2.88. The van der Waals surface area contributed by atoms with E-state index in [4.69, 9.17) is 11.6 Å². The summed E-state index contributed by atoms with van der Waals surface area (Å²) in [7, 11) is 0. The van der Waals surface area contributed by atoms with E-state index in [-0.39, 0.29) is 11.9 Å². The molecule has 2 aromatic rings. The van der Waals surface area contributed by atoms with Gasteiger partial charge in [-0.05, 0) is 58.2 Å². The van der Waals surface area contributed by atoms with Gasteiger partial charge in [0.05, 0.1) is 0 Å². The summed E-state index contributed by atoms with van der Waals surface area (Å²) in [5.74, 6) is -0.317. The van der Waals surface area contributed by atoms with E-state index in [9.17, 15) is 4.39 Å². The van der Waals surface area contributed by atoms with Crippen LogP contribution < -0.4 is 5.32 Å². The first-order valence-electron chi connectivity index (χ1n) is 6.38. The van der Waals surface area contributed by atoms with Crippen molar-refractivity contribution in [3.63, 3.8) is 0 Å². The first kappa shape index (κ1) is 15.4. The van der Waals surface area contributed by atoms with E-state index in [0.29, 0.717) is 11.4 Å². The van der Waals surface area contributed by atoms with Crippen molar-refractivity contribution in [2.45, 2.75) is 19.4 Å². The molecular formula is C15H15BrClFN2. The second-order valence-corrected chi connectivity index (χ2v) is 5.81. The van der Waals surface area contributed by atoms with Gasteiger partial charge in [-0.25, -0.2) is 4.39 Å². The predicted molar refractivity (Wildman–Crippen MR) is 83.5 cm³/mol. The van der Waals surface area contributed by atoms with Crippen molar-refractivity contribution in [2.75, 3.05) is 6.54 Å². The highest BCUT2D eigenvalue weighted by Gasteiger charge is 2.14. The Balaban J connectivity index is 2.25. The fourth-order valence-electron chi connectivity index (χ4n) is 2.08. The van der Waals surface area contributed by atoms with Crippen LogP contribution in [0.25, 0.3) is 0 Å². The number of hydrogen-bond donors (Lipinski definition) is 1. The molecule has 1 heterocycles. The first-order chi connectivity index (χ1) is 9.60. The molecule has 20 heavy (non-hydrogen) atoms. The van der Waals surface area contributed by atoms with Crippen LogP contribution in [0.4, 0.5) is 4.39 Å². The maximum absolute atomic E-state index is 13.1. The van der Waals surface area contributed by atoms with Gasteiger partial charge in [-0.3, -0.25) is 4.98 Å². The number of nitrogens with one attached hydrogen (secondary N) is 1. The Labute approximate surface area is 131 Å². The van der Waals surface area contributed by atoms with Crippen molar-refractivity contribution < 1.29 is 4.39 Å². The summed E-state index contributed by atoms with van der Waals surface area (Å²) in [6, 6.07) is 6.63. The molecule has 0 saturated heterocycles. The molecule has 0 radical (unpaired) electrons. The fraction of sp³-hybridized carbons (Fsp3) is 0.267. The van der Waals surface area contributed by atoms with Gasteiger partial charge in [0.25, 0.3) is 0 Å². The Morgan fingerprint density at radius 3 is 2.80 bits per heavy atom. The van der Waals surface area contributed by atoms with Gasteiger partial charge in [-0.2, -0.15) is 0 Å². The van der Waals surface area contributed by atoms with Crippen molar-refractivity contribution in [3.05, 3.63) is 63.1 Å². The maximum Gasteiger partial charge on any atom is 0.124 e. The number of pyridine rings is 1. The Morgan fingerprint density at radius 1 is 1.35 bits per heavy atom. The second kappa shape index (κ2) is 7.16. The first-order valence-corrected chi connectivity index (χ1v) is 7.55. The highest BCUT2D eigenvalue weighted by Crippen LogP contribution is 2.25. The lowest BCUT2D eigenvalue weighted by Crippen LogP contribution is -2.23. The Morgan fingerprint density at radius 2 is 2.15 bits per heavy atom. The molecular weight excluding hydrogens is 343 g/mol. The van der Waals surface area contributed by atoms with Crippen LogP contribution >= 0.6 is 27.5 Å². The summed E-state index contributed by atoms with van der Waals surface area (Å²) in [4.78, 5) is 4.19. The molecule has 2 nitrogen and oxygen atoms in total. The Hall–Kier alpha value is -0.970. The SMILES string of the molecule is CCNC(Cc1ccc(F)cc1Cl)c1cncc(Br)c1. The summed E-state index contributed by atoms with van der Waals surface area (Å²) in [6.07, 6.45) is 4.26. The van der Waals surface area contributed by atoms with Gasteiger partial charge in [0.15, 0.2) is 0 Å². The molecule has 0 bridgehead atoms. The lowest BCUT2D eigenvalue weighted by atomic mass is 10.00. The van der Waals surface area contributed by atoms with Gasteiger partial charge >= 0.3 is 0 Å². The highest BCUT2D eigenvalue weighted by atomic mass is 79.9. The zero-order chi connectivity index (χ0) is 14.5. The average Bonchev–Trinajstić information content (AvgIpc) is 2.41. The van der Waals surface area contributed by atoms with E-state index in [1.54, 1.807) is 12.3 Å². The van der Waals surface area contributed by atoms with Crippen LogP contribution in [-0.2, 0) is 6.42 Å². The molecule has 0 spiro atoms. The Bertz CT molecular complexity index is 592. The summed E-state index contributed by atoms with van der Waals surface area (Å²) < 4.78 is 14.0. The topological polar surface area (TPSA) is 24.9 Å². The zero-order valence-electron chi connectivity index (χ0n) is 11.0. The third-order valence-electron chi connectivity index (χ3n) is 3.02. The molecule has 1 unspecified atom stereocenters. The van der Waals surface area contributed by atoms with Crippen molar-refractivity contribution >= 4 is 27.5 Å². The van der Waals surface area contributed by atoms with Crippen LogP contribution in [-0.4, -0.2) is 11.5 Å². The van der Waals surface area contributed by atoms with Crippen molar-refractivity contribution in [1.29, 1.82) is 0 Å². The van der Waals surface area contributed by atoms with Crippen LogP contribution in [0.2, 0.25) is 5.02 Å². The van der Waals surface area contributed by atoms with E-state index in [1.807, 2.05) is 19.2 Å². The molecule has 1 atom stereocenters. The molecule has 106 valence electrons. The van der Waals surface area contributed by atoms with Crippen LogP contribution in [0, 0.1) is 5.82 Å². The van der Waals surface area contributed by atoms with E-state index < -0.39 is 0 Å². The molecule has 0 saturated carbocycles. The molecule has 1 N–H and O–H groups in total. The van der Waals surface area contributed by atoms with E-state index in [2.05, 4.69) is 26.2 Å². The van der Waals surface area contributed by atoms with Gasteiger partial charge < -0.3 is 5.32 Å². The number of aromatic nitrogens is 1. The molecule has 0 aliphatic carbocycles. The minimum Gasteiger partial charge on any atom is -0.310 e. The number of hydrogen-bond acceptors (Lipinski definition) is 2. The quantitative estimate of drug-likeness (QED) is 0.850. The van der Waals surface area contributed by atoms with Gasteiger partial charge in [-0.1, -0.05) is 24.6 Å². The number of rotatable bonds is 5. The van der Waals surface area contributed by atoms with E-state index >= 15 is 0 Å². The summed E-state index contributed by atoms with van der Waals surface area (Å²) in [5.41, 5.74) is 1.99. The smallest absolute Gasteiger partial charge is 0.124 e. The van der Waals surface area contributed by atoms with Crippen molar-refractivity contribution in [3.8, 4) is 0 Å². The van der Waals surface area contributed by atoms with Crippen LogP contribution in [0.3, 0.4) is 0 Å². The lowest BCUT2D eigenvalue weighted by molar-refractivity contribution is 0.547. The zero-order valence-corrected chi connectivity index (χ0v) is 13.4. The molecule has 5 heteroatoms. The molecule has 0 aliphatic heterocycles. The van der Waals surface area contributed by atoms with Crippen LogP contribution in [0.1, 0.15) is 24.1 Å². The molecule has 1 aromatic carbocycles. The van der Waals surface area contributed by atoms with Gasteiger partial charge in [0.2, 0.25) is 0 Å². The number of likely N-dealkylation sites (N-methyl/N-ethyl adjacent to an activating group) is 1. The largest absolute Gasteiger partial charge is 0.310 e. The summed E-state index contributed by atoms with van der Waals surface area (Å²) >= 11 is 9.52. The standard InChI is InChI=1S/C15H15BrClFN2/c1-2-20-15(11-5-12(16)9-19-8-11)6-10-3-4-13(18)7-14(10)17/h3-5,7-9,15,20H,2,6H2,1H3. The minimum atomic E-state index is -0.317. The number of halogens is 3. The fourth-order valence-corrected chi connectivity index (χ4v) is 2.71. The molecule has 0 amide bonds. The normalized spacial score (nSPS) is 12.4. The minimum absolute atomic E-state index is 0.0907. The average molecular weight is 358 g/mol. The molecule has 0 aliphatic rings. The number of benzene rings is 1. The maximum atomic E-state index is 13.1. The van der Waals surface area contributed by atoms with Crippen molar-refractivity contribution in [2.24, 2.45) is 0 Å². The van der Waals surface area contributed by atoms with Crippen LogP contribution in [0.5, 0.6) is 0 Å². The molecule has 1 aromatic heterocycles. The highest BCUT2D eigenvalue weighted by molar-refractivity contribution is 9.10. The third kappa shape index (κ3) is 4.01. The third-order valence-corrected chi connectivity index (χ3v) is 3.80. The van der Waals surface area contributed by atoms with E-state index in [0.717, 1.165) is 22.1 Å². The predicted octanol–water partition coefficient (Wildman–Crippen LogP) is 4.53. The molecule has 0 fully saturated rings. The van der Waals surface area contributed by atoms with Gasteiger partial charge in [0.1, 0.15) is 5.82 Å². The molecule has 2 rings (SSSR count). The van der Waals surface area contributed by atoms with Crippen LogP contribution in [0.15, 0.2) is 41.1 Å². The van der Waals surface area contributed by atoms with Gasteiger partial charge in [-0.15, -0.1) is 0 Å². The van der Waals surface area contributed by atoms with Gasteiger partial charge in [0, 0.05) is 27.9 Å². The lowest BCUT2D eigenvalue weighted by Gasteiger charge is -2.19. The summed E-state index contributed by atoms with van der Waals surface area (Å²) in [5, 5.41) is 3.86. The van der Waals surface area contributed by atoms with Crippen molar-refractivity contribution in [1.82, 2.24) is 10.3 Å². The number of nitrogens with zero attached hydrogens (tertiary/aromatic N) is 1. The second-order valence-electron chi connectivity index (χ2n) is 4.49. The monoisotopic (exact) mass is 356 g/mol. The Kier molecular flexibility index (Phi) is 5.52. The van der Waals surface area contributed by atoms with E-state index in [1.165, 1.54) is 12.1 Å².